The second-order valence-corrected chi connectivity index (χ2v) is 2.94. The van der Waals surface area contributed by atoms with E-state index in [1.807, 2.05) is 6.92 Å². The lowest BCUT2D eigenvalue weighted by atomic mass is 10.0. The number of hydrogen-bond acceptors (Lipinski definition) is 2. The molecule has 2 nitrogen and oxygen atoms in total. The summed E-state index contributed by atoms with van der Waals surface area (Å²) in [6, 6.07) is 0. The van der Waals surface area contributed by atoms with Gasteiger partial charge in [0.1, 0.15) is 5.76 Å². The number of ketones is 1. The highest BCUT2D eigenvalue weighted by molar-refractivity contribution is 6.12. The van der Waals surface area contributed by atoms with Gasteiger partial charge in [0, 0.05) is 5.57 Å². The number of Topliss-reactive ketones (excluding diaryl/α,β-unsaturated/α-hetero) is 1. The van der Waals surface area contributed by atoms with Gasteiger partial charge in [-0.1, -0.05) is 50.1 Å². The Balaban J connectivity index is 5.32. The van der Waals surface area contributed by atoms with Crippen molar-refractivity contribution >= 4 is 5.78 Å². The van der Waals surface area contributed by atoms with E-state index in [2.05, 4.69) is 19.7 Å². The van der Waals surface area contributed by atoms with E-state index < -0.39 is 0 Å². The number of carbonyl (C=O) groups is 1. The number of allylic oxidation sites excluding steroid dienone is 8. The number of aliphatic hydroxyl groups is 1. The number of hydrogen-bond donors (Lipinski definition) is 1. The van der Waals surface area contributed by atoms with Gasteiger partial charge in [-0.2, -0.15) is 0 Å². The van der Waals surface area contributed by atoms with Crippen molar-refractivity contribution in [2.45, 2.75) is 6.92 Å². The summed E-state index contributed by atoms with van der Waals surface area (Å²) >= 11 is 0. The zero-order valence-electron chi connectivity index (χ0n) is 9.44. The van der Waals surface area contributed by atoms with Gasteiger partial charge in [-0.15, -0.1) is 0 Å². The number of aliphatic hydroxyl groups excluding tert-OH is 1. The molecule has 0 heterocycles. The summed E-state index contributed by atoms with van der Waals surface area (Å²) in [6.45, 7) is 12.2. The molecule has 0 saturated heterocycles. The fraction of sp³-hybridized carbons (Fsp3) is 0.0714. The first-order valence-electron chi connectivity index (χ1n) is 4.79. The van der Waals surface area contributed by atoms with Gasteiger partial charge >= 0.3 is 0 Å². The van der Waals surface area contributed by atoms with Crippen LogP contribution in [0.25, 0.3) is 0 Å². The highest BCUT2D eigenvalue weighted by Gasteiger charge is 2.13. The van der Waals surface area contributed by atoms with Crippen LogP contribution in [-0.4, -0.2) is 10.9 Å². The molecule has 0 fully saturated rings. The lowest BCUT2D eigenvalue weighted by molar-refractivity contribution is -0.111. The lowest BCUT2D eigenvalue weighted by Gasteiger charge is -2.04. The van der Waals surface area contributed by atoms with Crippen molar-refractivity contribution in [1.82, 2.24) is 0 Å². The molecule has 16 heavy (non-hydrogen) atoms. The van der Waals surface area contributed by atoms with Gasteiger partial charge in [-0.3, -0.25) is 4.79 Å². The molecule has 1 N–H and O–H groups in total. The zero-order valence-corrected chi connectivity index (χ0v) is 9.44. The SMILES string of the molecule is C=C/C=C(\C=C)C(=O)/C(=C/C=C\C)C(=C)O. The number of carbonyl (C=O) groups excluding carboxylic acids is 1. The second kappa shape index (κ2) is 7.23. The average Bonchev–Trinajstić information content (AvgIpc) is 2.25. The normalized spacial score (nSPS) is 12.6. The smallest absolute Gasteiger partial charge is 0.196 e. The van der Waals surface area contributed by atoms with Gasteiger partial charge in [0.15, 0.2) is 5.78 Å². The highest BCUT2D eigenvalue weighted by Crippen LogP contribution is 2.13. The fourth-order valence-electron chi connectivity index (χ4n) is 1.01. The second-order valence-electron chi connectivity index (χ2n) is 2.94. The van der Waals surface area contributed by atoms with Gasteiger partial charge in [0.05, 0.1) is 5.57 Å². The highest BCUT2D eigenvalue weighted by atomic mass is 16.3. The lowest BCUT2D eigenvalue weighted by Crippen LogP contribution is -2.06. The van der Waals surface area contributed by atoms with E-state index in [1.165, 1.54) is 24.3 Å². The summed E-state index contributed by atoms with van der Waals surface area (Å²) in [5.74, 6) is -0.597. The third-order valence-corrected chi connectivity index (χ3v) is 1.79. The molecule has 0 unspecified atom stereocenters. The molecule has 0 aromatic heterocycles. The molecule has 0 bridgehead atoms. The third kappa shape index (κ3) is 3.96. The van der Waals surface area contributed by atoms with Crippen LogP contribution in [-0.2, 0) is 4.79 Å². The Morgan fingerprint density at radius 1 is 1.25 bits per heavy atom. The summed E-state index contributed by atoms with van der Waals surface area (Å²) < 4.78 is 0. The predicted molar refractivity (Wildman–Crippen MR) is 68.1 cm³/mol. The largest absolute Gasteiger partial charge is 0.508 e. The first-order valence-corrected chi connectivity index (χ1v) is 4.79. The van der Waals surface area contributed by atoms with Crippen molar-refractivity contribution < 1.29 is 9.90 Å². The quantitative estimate of drug-likeness (QED) is 0.419. The van der Waals surface area contributed by atoms with Crippen molar-refractivity contribution in [1.29, 1.82) is 0 Å². The van der Waals surface area contributed by atoms with Gasteiger partial charge in [-0.05, 0) is 13.0 Å². The minimum atomic E-state index is -0.333. The van der Waals surface area contributed by atoms with Crippen molar-refractivity contribution in [2.24, 2.45) is 0 Å². The van der Waals surface area contributed by atoms with Crippen LogP contribution in [0.1, 0.15) is 6.92 Å². The first kappa shape index (κ1) is 13.9. The maximum absolute atomic E-state index is 11.9. The van der Waals surface area contributed by atoms with Crippen LogP contribution in [0, 0.1) is 0 Å². The molecule has 0 radical (unpaired) electrons. The van der Waals surface area contributed by atoms with Crippen LogP contribution >= 0.6 is 0 Å². The average molecular weight is 216 g/mol. The molecule has 0 aromatic carbocycles. The Kier molecular flexibility index (Phi) is 6.29. The standard InChI is InChI=1S/C14H16O2/c1-5-8-10-13(11(4)15)14(16)12(7-3)9-6-2/h5-10,15H,2-4H2,1H3/b8-5-,12-9+,13-10+. The van der Waals surface area contributed by atoms with Crippen LogP contribution in [0.4, 0.5) is 0 Å². The van der Waals surface area contributed by atoms with E-state index in [4.69, 9.17) is 0 Å². The topological polar surface area (TPSA) is 37.3 Å². The summed E-state index contributed by atoms with van der Waals surface area (Å²) in [4.78, 5) is 11.9. The molecule has 0 aromatic rings. The van der Waals surface area contributed by atoms with Crippen molar-refractivity contribution in [3.05, 3.63) is 73.1 Å². The summed E-state index contributed by atoms with van der Waals surface area (Å²) in [5.41, 5.74) is 0.507. The van der Waals surface area contributed by atoms with E-state index in [0.717, 1.165) is 0 Å². The van der Waals surface area contributed by atoms with Crippen LogP contribution < -0.4 is 0 Å². The zero-order chi connectivity index (χ0) is 12.6. The minimum absolute atomic E-state index is 0.145. The maximum atomic E-state index is 11.9. The van der Waals surface area contributed by atoms with E-state index >= 15 is 0 Å². The Bertz CT molecular complexity index is 393. The Labute approximate surface area is 96.3 Å². The van der Waals surface area contributed by atoms with E-state index in [0.29, 0.717) is 5.57 Å². The van der Waals surface area contributed by atoms with Gasteiger partial charge < -0.3 is 5.11 Å². The van der Waals surface area contributed by atoms with Crippen molar-refractivity contribution in [3.63, 3.8) is 0 Å². The molecule has 0 aliphatic rings. The monoisotopic (exact) mass is 216 g/mol. The Morgan fingerprint density at radius 3 is 2.25 bits per heavy atom. The predicted octanol–water partition coefficient (Wildman–Crippen LogP) is 3.43. The Morgan fingerprint density at radius 2 is 1.88 bits per heavy atom. The van der Waals surface area contributed by atoms with Crippen LogP contribution in [0.15, 0.2) is 73.1 Å². The molecule has 0 amide bonds. The molecule has 0 aliphatic heterocycles. The third-order valence-electron chi connectivity index (χ3n) is 1.79. The summed E-state index contributed by atoms with van der Waals surface area (Å²) in [7, 11) is 0. The summed E-state index contributed by atoms with van der Waals surface area (Å²) in [6.07, 6.45) is 9.34. The molecular formula is C14H16O2. The van der Waals surface area contributed by atoms with E-state index in [9.17, 15) is 9.90 Å². The van der Waals surface area contributed by atoms with Crippen LogP contribution in [0.2, 0.25) is 0 Å². The van der Waals surface area contributed by atoms with Gasteiger partial charge in [-0.25, -0.2) is 0 Å². The Hall–Kier alpha value is -2.09. The minimum Gasteiger partial charge on any atom is -0.508 e. The van der Waals surface area contributed by atoms with Crippen molar-refractivity contribution in [2.75, 3.05) is 0 Å². The molecular weight excluding hydrogens is 200 g/mol. The number of rotatable bonds is 6. The van der Waals surface area contributed by atoms with Gasteiger partial charge in [0.2, 0.25) is 0 Å². The van der Waals surface area contributed by atoms with Crippen LogP contribution in [0.3, 0.4) is 0 Å². The van der Waals surface area contributed by atoms with Crippen LogP contribution in [0.5, 0.6) is 0 Å². The molecule has 0 rings (SSSR count). The molecule has 0 aliphatic carbocycles. The molecule has 84 valence electrons. The van der Waals surface area contributed by atoms with E-state index in [1.54, 1.807) is 12.2 Å². The first-order chi connectivity index (χ1) is 7.58. The maximum Gasteiger partial charge on any atom is 0.196 e. The molecule has 0 atom stereocenters. The van der Waals surface area contributed by atoms with Crippen molar-refractivity contribution in [3.8, 4) is 0 Å². The summed E-state index contributed by atoms with van der Waals surface area (Å²) in [5, 5.41) is 9.32. The molecule has 0 spiro atoms. The molecule has 2 heteroatoms. The molecule has 0 saturated carbocycles. The van der Waals surface area contributed by atoms with Gasteiger partial charge in [0.25, 0.3) is 0 Å². The fourth-order valence-corrected chi connectivity index (χ4v) is 1.01. The van der Waals surface area contributed by atoms with E-state index in [-0.39, 0.29) is 17.1 Å².